The molecular weight excluding hydrogens is 794 g/mol. The van der Waals surface area contributed by atoms with Crippen LogP contribution in [0.1, 0.15) is 226 Å². The van der Waals surface area contributed by atoms with Crippen LogP contribution in [0.4, 0.5) is 4.79 Å². The number of hydrogen-bond donors (Lipinski definition) is 1. The third-order valence-electron chi connectivity index (χ3n) is 11.1. The molecule has 0 saturated carbocycles. The van der Waals surface area contributed by atoms with Gasteiger partial charge in [0.2, 0.25) is 0 Å². The molecule has 3 atom stereocenters. The first-order chi connectivity index (χ1) is 30.0. The molecule has 61 heavy (non-hydrogen) atoms. The molecule has 0 spiro atoms. The molecule has 0 saturated heterocycles. The zero-order valence-electron chi connectivity index (χ0n) is 40.1. The van der Waals surface area contributed by atoms with Gasteiger partial charge in [-0.05, 0) is 24.3 Å². The molecule has 0 aromatic rings. The normalized spacial score (nSPS) is 12.8. The summed E-state index contributed by atoms with van der Waals surface area (Å²) in [6.45, 7) is 10.4. The van der Waals surface area contributed by atoms with E-state index in [0.717, 1.165) is 19.3 Å². The summed E-state index contributed by atoms with van der Waals surface area (Å²) in [4.78, 5) is 22.9. The van der Waals surface area contributed by atoms with Crippen molar-refractivity contribution in [3.8, 4) is 0 Å². The summed E-state index contributed by atoms with van der Waals surface area (Å²) in [6.07, 6.45) is 41.7. The van der Waals surface area contributed by atoms with E-state index in [0.29, 0.717) is 59.4 Å². The molecule has 0 aromatic carbocycles. The summed E-state index contributed by atoms with van der Waals surface area (Å²) in [6, 6.07) is 0. The van der Waals surface area contributed by atoms with Crippen LogP contribution >= 0.6 is 8.25 Å². The van der Waals surface area contributed by atoms with Gasteiger partial charge >= 0.3 is 14.3 Å². The quantitative estimate of drug-likeness (QED) is 0.0464. The summed E-state index contributed by atoms with van der Waals surface area (Å²) in [5, 5.41) is 2.74. The van der Waals surface area contributed by atoms with Crippen LogP contribution < -0.4 is 10.2 Å². The van der Waals surface area contributed by atoms with Crippen molar-refractivity contribution < 1.29 is 47.2 Å². The molecule has 12 heteroatoms. The maximum absolute atomic E-state index is 12.4. The van der Waals surface area contributed by atoms with Gasteiger partial charge in [0.1, 0.15) is 18.8 Å². The SMILES string of the molecule is CCCCCCCCCCCCCCCCCCOC[C@@H](COC(=O)NCCOCCOCCOC[C@H](C)O[P+](=O)[O-])OCCCCCCCCCCCCCCCCCC. The molecule has 0 radical (unpaired) electrons. The van der Waals surface area contributed by atoms with Gasteiger partial charge in [0.15, 0.2) is 0 Å². The van der Waals surface area contributed by atoms with Crippen molar-refractivity contribution in [2.75, 3.05) is 72.6 Å². The highest BCUT2D eigenvalue weighted by molar-refractivity contribution is 7.30. The molecule has 0 bridgehead atoms. The average molecular weight is 892 g/mol. The van der Waals surface area contributed by atoms with Crippen LogP contribution in [-0.2, 0) is 37.5 Å². The minimum absolute atomic E-state index is 0.153. The van der Waals surface area contributed by atoms with E-state index in [2.05, 4.69) is 23.7 Å². The highest BCUT2D eigenvalue weighted by atomic mass is 31.1. The van der Waals surface area contributed by atoms with E-state index < -0.39 is 20.5 Å². The zero-order valence-corrected chi connectivity index (χ0v) is 41.0. The Balaban J connectivity index is 4.10. The van der Waals surface area contributed by atoms with Gasteiger partial charge < -0.3 is 38.6 Å². The third kappa shape index (κ3) is 51.6. The Kier molecular flexibility index (Phi) is 51.0. The monoisotopic (exact) mass is 892 g/mol. The Morgan fingerprint density at radius 1 is 0.459 bits per heavy atom. The number of carbonyl (C=O) groups excluding carboxylic acids is 1. The van der Waals surface area contributed by atoms with Crippen molar-refractivity contribution in [1.29, 1.82) is 0 Å². The van der Waals surface area contributed by atoms with E-state index >= 15 is 0 Å². The summed E-state index contributed by atoms with van der Waals surface area (Å²) < 4.78 is 49.1. The number of unbranched alkanes of at least 4 members (excludes halogenated alkanes) is 30. The van der Waals surface area contributed by atoms with Crippen molar-refractivity contribution in [1.82, 2.24) is 5.32 Å². The number of rotatable bonds is 52. The van der Waals surface area contributed by atoms with Crippen molar-refractivity contribution in [3.05, 3.63) is 0 Å². The van der Waals surface area contributed by atoms with Crippen LogP contribution in [0.25, 0.3) is 0 Å². The molecule has 0 aromatic heterocycles. The molecule has 0 aliphatic heterocycles. The third-order valence-corrected chi connectivity index (χ3v) is 11.6. The largest absolute Gasteiger partial charge is 0.566 e. The fraction of sp³-hybridized carbons (Fsp3) is 0.980. The molecule has 0 aliphatic carbocycles. The number of hydrogen-bond acceptors (Lipinski definition) is 10. The predicted octanol–water partition coefficient (Wildman–Crippen LogP) is 13.1. The lowest BCUT2D eigenvalue weighted by Gasteiger charge is -2.18. The first kappa shape index (κ1) is 60.1. The van der Waals surface area contributed by atoms with Crippen LogP contribution in [0.3, 0.4) is 0 Å². The van der Waals surface area contributed by atoms with Crippen LogP contribution in [0, 0.1) is 0 Å². The van der Waals surface area contributed by atoms with E-state index in [1.165, 1.54) is 186 Å². The lowest BCUT2D eigenvalue weighted by molar-refractivity contribution is -0.190. The Morgan fingerprint density at radius 2 is 0.820 bits per heavy atom. The number of alkyl carbamates (subject to hydrolysis) is 1. The van der Waals surface area contributed by atoms with Crippen LogP contribution in [0.2, 0.25) is 0 Å². The van der Waals surface area contributed by atoms with Gasteiger partial charge in [-0.1, -0.05) is 206 Å². The molecular formula is C49H98NO10P. The fourth-order valence-corrected chi connectivity index (χ4v) is 7.68. The van der Waals surface area contributed by atoms with E-state index in [1.807, 2.05) is 0 Å². The molecule has 1 unspecified atom stereocenters. The molecule has 0 rings (SSSR count). The molecule has 1 amide bonds. The minimum Gasteiger partial charge on any atom is -0.566 e. The lowest BCUT2D eigenvalue weighted by atomic mass is 10.0. The predicted molar refractivity (Wildman–Crippen MR) is 250 cm³/mol. The number of ether oxygens (including phenoxy) is 6. The molecule has 1 N–H and O–H groups in total. The van der Waals surface area contributed by atoms with Crippen molar-refractivity contribution in [3.63, 3.8) is 0 Å². The molecule has 0 aliphatic rings. The summed E-state index contributed by atoms with van der Waals surface area (Å²) in [5.41, 5.74) is 0. The smallest absolute Gasteiger partial charge is 0.488 e. The molecule has 0 heterocycles. The maximum atomic E-state index is 12.4. The van der Waals surface area contributed by atoms with Crippen LogP contribution in [-0.4, -0.2) is 90.9 Å². The van der Waals surface area contributed by atoms with Gasteiger partial charge in [-0.2, -0.15) is 0 Å². The first-order valence-electron chi connectivity index (χ1n) is 25.6. The van der Waals surface area contributed by atoms with Gasteiger partial charge in [0.25, 0.3) is 0 Å². The van der Waals surface area contributed by atoms with Crippen LogP contribution in [0.15, 0.2) is 0 Å². The highest BCUT2D eigenvalue weighted by Gasteiger charge is 2.14. The summed E-state index contributed by atoms with van der Waals surface area (Å²) in [7, 11) is -2.88. The topological polar surface area (TPSA) is 134 Å². The van der Waals surface area contributed by atoms with Crippen LogP contribution in [0.5, 0.6) is 0 Å². The molecule has 11 nitrogen and oxygen atoms in total. The number of amides is 1. The standard InChI is InChI=1S/C49H98NO10P/c1-4-6-8-10-12-14-16-18-20-22-24-26-28-30-32-34-37-56-45-48(58-38-35-33-31-29-27-25-23-21-19-17-15-13-11-9-7-5-2)46-59-49(51)50-36-39-54-40-41-55-42-43-57-44-47(3)60-61(52)53/h47-48H,4-46H2,1-3H3,(H,50,51)/t47-,48-/m0/s1. The Hall–Kier alpha value is -0.910. The average Bonchev–Trinajstić information content (AvgIpc) is 3.24. The molecule has 0 fully saturated rings. The summed E-state index contributed by atoms with van der Waals surface area (Å²) in [5.74, 6) is 0. The van der Waals surface area contributed by atoms with E-state index in [4.69, 9.17) is 28.4 Å². The van der Waals surface area contributed by atoms with Crippen molar-refractivity contribution in [2.24, 2.45) is 0 Å². The van der Waals surface area contributed by atoms with E-state index in [9.17, 15) is 14.3 Å². The first-order valence-corrected chi connectivity index (χ1v) is 26.7. The zero-order chi connectivity index (χ0) is 44.4. The Morgan fingerprint density at radius 3 is 1.25 bits per heavy atom. The van der Waals surface area contributed by atoms with Gasteiger partial charge in [-0.3, -0.25) is 0 Å². The van der Waals surface area contributed by atoms with Gasteiger partial charge in [-0.15, -0.1) is 4.52 Å². The number of carbonyl (C=O) groups is 1. The minimum atomic E-state index is -2.88. The van der Waals surface area contributed by atoms with Gasteiger partial charge in [-0.25, -0.2) is 4.79 Å². The highest BCUT2D eigenvalue weighted by Crippen LogP contribution is 2.16. The lowest BCUT2D eigenvalue weighted by Crippen LogP contribution is -2.33. The second-order valence-corrected chi connectivity index (χ2v) is 17.8. The second kappa shape index (κ2) is 51.7. The Bertz CT molecular complexity index is 888. The van der Waals surface area contributed by atoms with Crippen molar-refractivity contribution in [2.45, 2.75) is 238 Å². The fourth-order valence-electron chi connectivity index (χ4n) is 7.32. The van der Waals surface area contributed by atoms with Crippen molar-refractivity contribution >= 4 is 14.3 Å². The second-order valence-electron chi connectivity index (χ2n) is 17.1. The number of nitrogens with one attached hydrogen (secondary N) is 1. The maximum Gasteiger partial charge on any atom is 0.488 e. The molecule has 364 valence electrons. The van der Waals surface area contributed by atoms with E-state index in [1.54, 1.807) is 6.92 Å². The summed E-state index contributed by atoms with van der Waals surface area (Å²) >= 11 is 0. The Labute approximate surface area is 376 Å². The van der Waals surface area contributed by atoms with Gasteiger partial charge in [0, 0.05) is 19.8 Å². The van der Waals surface area contributed by atoms with Gasteiger partial charge in [0.05, 0.1) is 46.2 Å². The van der Waals surface area contributed by atoms with E-state index in [-0.39, 0.29) is 19.3 Å².